The summed E-state index contributed by atoms with van der Waals surface area (Å²) in [5.41, 5.74) is 2.05. The Morgan fingerprint density at radius 1 is 1.24 bits per heavy atom. The molecule has 2 aromatic rings. The fourth-order valence-electron chi connectivity index (χ4n) is 3.49. The smallest absolute Gasteiger partial charge is 0.321 e. The molecule has 1 aromatic carbocycles. The van der Waals surface area contributed by atoms with Crippen molar-refractivity contribution in [2.75, 3.05) is 30.8 Å². The number of nitrogens with one attached hydrogen (secondary N) is 3. The number of thioether (sulfide) groups is 1. The van der Waals surface area contributed by atoms with Crippen molar-refractivity contribution in [1.82, 2.24) is 9.55 Å². The van der Waals surface area contributed by atoms with Crippen molar-refractivity contribution >= 4 is 34.8 Å². The molecular formula is C25H37N5O3S. The zero-order valence-corrected chi connectivity index (χ0v) is 21.9. The van der Waals surface area contributed by atoms with Crippen LogP contribution >= 0.6 is 11.8 Å². The number of rotatable bonds is 13. The van der Waals surface area contributed by atoms with Crippen LogP contribution in [0.25, 0.3) is 0 Å². The molecule has 0 saturated carbocycles. The van der Waals surface area contributed by atoms with Gasteiger partial charge in [0.15, 0.2) is 0 Å². The van der Waals surface area contributed by atoms with Crippen LogP contribution in [-0.4, -0.2) is 46.2 Å². The summed E-state index contributed by atoms with van der Waals surface area (Å²) in [6.45, 7) is 10.9. The fourth-order valence-corrected chi connectivity index (χ4v) is 4.49. The van der Waals surface area contributed by atoms with Gasteiger partial charge in [-0.2, -0.15) is 0 Å². The second kappa shape index (κ2) is 12.6. The number of carbonyl (C=O) groups excluding carboxylic acids is 1. The lowest BCUT2D eigenvalue weighted by molar-refractivity contribution is -0.145. The van der Waals surface area contributed by atoms with Gasteiger partial charge in [-0.05, 0) is 64.8 Å². The largest absolute Gasteiger partial charge is 0.465 e. The van der Waals surface area contributed by atoms with E-state index in [2.05, 4.69) is 15.6 Å². The number of hydrogen-bond donors (Lipinski definition) is 3. The number of aromatic nitrogens is 2. The van der Waals surface area contributed by atoms with Gasteiger partial charge in [0.2, 0.25) is 0 Å². The zero-order valence-electron chi connectivity index (χ0n) is 21.1. The summed E-state index contributed by atoms with van der Waals surface area (Å²) in [6, 6.07) is 7.93. The predicted molar refractivity (Wildman–Crippen MR) is 141 cm³/mol. The number of hydrogen-bond acceptors (Lipinski definition) is 8. The lowest BCUT2D eigenvalue weighted by Crippen LogP contribution is -2.30. The minimum atomic E-state index is -0.652. The van der Waals surface area contributed by atoms with Gasteiger partial charge in [-0.1, -0.05) is 13.3 Å². The van der Waals surface area contributed by atoms with Gasteiger partial charge in [-0.3, -0.25) is 14.2 Å². The molecule has 0 atom stereocenters. The van der Waals surface area contributed by atoms with E-state index in [1.165, 1.54) is 11.8 Å². The van der Waals surface area contributed by atoms with E-state index in [1.54, 1.807) is 11.6 Å². The molecule has 34 heavy (non-hydrogen) atoms. The molecule has 0 spiro atoms. The average Bonchev–Trinajstić information content (AvgIpc) is 2.79. The van der Waals surface area contributed by atoms with E-state index in [0.717, 1.165) is 23.4 Å². The number of nitrogens with zero attached hydrogens (tertiary/aromatic N) is 2. The quantitative estimate of drug-likeness (QED) is 0.163. The highest BCUT2D eigenvalue weighted by Crippen LogP contribution is 2.34. The molecule has 8 nitrogen and oxygen atoms in total. The molecule has 0 aliphatic heterocycles. The summed E-state index contributed by atoms with van der Waals surface area (Å²) in [6.07, 6.45) is 2.16. The van der Waals surface area contributed by atoms with Crippen LogP contribution in [0.2, 0.25) is 0 Å². The zero-order chi connectivity index (χ0) is 25.3. The number of aryl methyl sites for hydroxylation is 1. The van der Waals surface area contributed by atoms with E-state index in [-0.39, 0.29) is 11.5 Å². The minimum absolute atomic E-state index is 0.142. The Balaban J connectivity index is 1.96. The molecule has 9 heteroatoms. The number of carbonyl (C=O) groups is 1. The lowest BCUT2D eigenvalue weighted by atomic mass is 10.1. The van der Waals surface area contributed by atoms with Crippen molar-refractivity contribution in [1.29, 1.82) is 5.41 Å². The molecule has 3 N–H and O–H groups in total. The fraction of sp³-hybridized carbons (Fsp3) is 0.520. The second-order valence-electron chi connectivity index (χ2n) is 8.46. The summed E-state index contributed by atoms with van der Waals surface area (Å²) < 4.78 is 6.16. The molecule has 0 aliphatic rings. The summed E-state index contributed by atoms with van der Waals surface area (Å²) in [4.78, 5) is 30.6. The van der Waals surface area contributed by atoms with Crippen molar-refractivity contribution in [3.63, 3.8) is 0 Å². The Bertz CT molecular complexity index is 1050. The van der Waals surface area contributed by atoms with E-state index in [0.29, 0.717) is 49.0 Å². The normalized spacial score (nSPS) is 11.2. The van der Waals surface area contributed by atoms with Crippen LogP contribution in [0.1, 0.15) is 58.5 Å². The molecule has 0 fully saturated rings. The molecule has 1 heterocycles. The van der Waals surface area contributed by atoms with Gasteiger partial charge in [0.05, 0.1) is 12.3 Å². The van der Waals surface area contributed by atoms with Gasteiger partial charge >= 0.3 is 5.97 Å². The van der Waals surface area contributed by atoms with Crippen LogP contribution in [0.15, 0.2) is 34.0 Å². The average molecular weight is 488 g/mol. The SMILES string of the molecule is CCCC(=N)c1nc(C)n(CCCNc2ccc(SC(C)(C)C(=O)OCC)cc2)c(=O)c1NC. The number of benzene rings is 1. The number of anilines is 2. The van der Waals surface area contributed by atoms with Gasteiger partial charge in [0.25, 0.3) is 5.56 Å². The Morgan fingerprint density at radius 2 is 1.91 bits per heavy atom. The Kier molecular flexibility index (Phi) is 10.2. The summed E-state index contributed by atoms with van der Waals surface area (Å²) >= 11 is 1.47. The molecule has 186 valence electrons. The first-order valence-electron chi connectivity index (χ1n) is 11.7. The highest BCUT2D eigenvalue weighted by atomic mass is 32.2. The third kappa shape index (κ3) is 7.09. The third-order valence-corrected chi connectivity index (χ3v) is 6.46. The molecule has 2 rings (SSSR count). The van der Waals surface area contributed by atoms with Crippen LogP contribution in [-0.2, 0) is 16.1 Å². The number of esters is 1. The van der Waals surface area contributed by atoms with Gasteiger partial charge in [-0.25, -0.2) is 4.98 Å². The van der Waals surface area contributed by atoms with Gasteiger partial charge in [0, 0.05) is 30.7 Å². The minimum Gasteiger partial charge on any atom is -0.465 e. The maximum atomic E-state index is 13.0. The summed E-state index contributed by atoms with van der Waals surface area (Å²) in [5, 5.41) is 14.5. The molecule has 1 aromatic heterocycles. The van der Waals surface area contributed by atoms with Crippen molar-refractivity contribution in [3.05, 3.63) is 46.1 Å². The van der Waals surface area contributed by atoms with Gasteiger partial charge in [0.1, 0.15) is 22.0 Å². The molecule has 0 amide bonds. The van der Waals surface area contributed by atoms with E-state index in [4.69, 9.17) is 10.1 Å². The van der Waals surface area contributed by atoms with Crippen LogP contribution in [0.4, 0.5) is 11.4 Å². The highest BCUT2D eigenvalue weighted by Gasteiger charge is 2.30. The van der Waals surface area contributed by atoms with E-state index in [1.807, 2.05) is 58.9 Å². The molecule has 0 unspecified atom stereocenters. The van der Waals surface area contributed by atoms with E-state index >= 15 is 0 Å². The van der Waals surface area contributed by atoms with Crippen LogP contribution in [0.5, 0.6) is 0 Å². The first kappa shape index (κ1) is 27.4. The summed E-state index contributed by atoms with van der Waals surface area (Å²) in [5.74, 6) is 0.393. The van der Waals surface area contributed by atoms with Gasteiger partial charge in [-0.15, -0.1) is 11.8 Å². The first-order chi connectivity index (χ1) is 16.1. The molecular weight excluding hydrogens is 450 g/mol. The lowest BCUT2D eigenvalue weighted by Gasteiger charge is -2.21. The molecule has 0 aliphatic carbocycles. The van der Waals surface area contributed by atoms with E-state index in [9.17, 15) is 9.59 Å². The monoisotopic (exact) mass is 487 g/mol. The number of ether oxygens (including phenoxy) is 1. The van der Waals surface area contributed by atoms with Crippen LogP contribution in [0, 0.1) is 12.3 Å². The molecule has 0 bridgehead atoms. The van der Waals surface area contributed by atoms with Crippen molar-refractivity contribution in [3.8, 4) is 0 Å². The molecule has 0 radical (unpaired) electrons. The van der Waals surface area contributed by atoms with Crippen molar-refractivity contribution in [2.24, 2.45) is 0 Å². The van der Waals surface area contributed by atoms with Crippen molar-refractivity contribution < 1.29 is 9.53 Å². The van der Waals surface area contributed by atoms with E-state index < -0.39 is 4.75 Å². The standard InChI is InChI=1S/C25H37N5O3S/c1-7-10-20(26)21-22(27-6)23(31)30(17(3)29-21)16-9-15-28-18-11-13-19(14-12-18)34-25(4,5)24(32)33-8-2/h11-14,26-28H,7-10,15-16H2,1-6H3. The summed E-state index contributed by atoms with van der Waals surface area (Å²) in [7, 11) is 1.69. The predicted octanol–water partition coefficient (Wildman–Crippen LogP) is 4.70. The molecule has 0 saturated heterocycles. The van der Waals surface area contributed by atoms with Gasteiger partial charge < -0.3 is 20.8 Å². The Hall–Kier alpha value is -2.81. The second-order valence-corrected chi connectivity index (χ2v) is 10.2. The third-order valence-electron chi connectivity index (χ3n) is 5.28. The maximum Gasteiger partial charge on any atom is 0.321 e. The highest BCUT2D eigenvalue weighted by molar-refractivity contribution is 8.01. The first-order valence-corrected chi connectivity index (χ1v) is 12.5. The Labute approximate surface area is 206 Å². The van der Waals surface area contributed by atoms with Crippen molar-refractivity contribution in [2.45, 2.75) is 70.1 Å². The maximum absolute atomic E-state index is 13.0. The van der Waals surface area contributed by atoms with Crippen LogP contribution < -0.4 is 16.2 Å². The topological polar surface area (TPSA) is 109 Å². The van der Waals surface area contributed by atoms with Crippen LogP contribution in [0.3, 0.4) is 0 Å². The Morgan fingerprint density at radius 3 is 2.50 bits per heavy atom.